The summed E-state index contributed by atoms with van der Waals surface area (Å²) in [7, 11) is 0. The summed E-state index contributed by atoms with van der Waals surface area (Å²) in [4.78, 5) is 4.06. The third kappa shape index (κ3) is 3.05. The molecule has 0 aliphatic carbocycles. The van der Waals surface area contributed by atoms with E-state index in [-0.39, 0.29) is 0 Å². The molecule has 4 heteroatoms. The Morgan fingerprint density at radius 1 is 1.29 bits per heavy atom. The highest BCUT2D eigenvalue weighted by Gasteiger charge is 2.01. The number of ether oxygens (including phenoxy) is 1. The first-order valence-corrected chi connectivity index (χ1v) is 5.81. The van der Waals surface area contributed by atoms with E-state index < -0.39 is 0 Å². The van der Waals surface area contributed by atoms with Crippen LogP contribution in [0, 0.1) is 11.3 Å². The zero-order valence-electron chi connectivity index (χ0n) is 8.93. The minimum Gasteiger partial charge on any atom is -0.486 e. The molecule has 0 bridgehead atoms. The van der Waals surface area contributed by atoms with Crippen LogP contribution in [0.4, 0.5) is 0 Å². The Morgan fingerprint density at radius 2 is 2.18 bits per heavy atom. The number of aromatic nitrogens is 1. The molecule has 2 rings (SSSR count). The van der Waals surface area contributed by atoms with Gasteiger partial charge in [0.25, 0.3) is 0 Å². The van der Waals surface area contributed by atoms with Crippen LogP contribution < -0.4 is 4.74 Å². The van der Waals surface area contributed by atoms with Crippen molar-refractivity contribution >= 4 is 15.9 Å². The van der Waals surface area contributed by atoms with Crippen molar-refractivity contribution in [3.8, 4) is 11.8 Å². The van der Waals surface area contributed by atoms with Crippen molar-refractivity contribution in [3.63, 3.8) is 0 Å². The number of nitrogens with zero attached hydrogens (tertiary/aromatic N) is 2. The summed E-state index contributed by atoms with van der Waals surface area (Å²) in [5, 5.41) is 8.78. The van der Waals surface area contributed by atoms with E-state index in [0.29, 0.717) is 22.5 Å². The monoisotopic (exact) mass is 288 g/mol. The van der Waals surface area contributed by atoms with Gasteiger partial charge in [-0.1, -0.05) is 12.1 Å². The van der Waals surface area contributed by atoms with Gasteiger partial charge in [0, 0.05) is 6.20 Å². The van der Waals surface area contributed by atoms with Gasteiger partial charge in [-0.15, -0.1) is 0 Å². The summed E-state index contributed by atoms with van der Waals surface area (Å²) in [6.45, 7) is 0.416. The molecule has 1 aromatic carbocycles. The summed E-state index contributed by atoms with van der Waals surface area (Å²) < 4.78 is 6.28. The van der Waals surface area contributed by atoms with Gasteiger partial charge in [-0.05, 0) is 45.8 Å². The zero-order valence-corrected chi connectivity index (χ0v) is 10.5. The lowest BCUT2D eigenvalue weighted by Crippen LogP contribution is -1.97. The van der Waals surface area contributed by atoms with Gasteiger partial charge in [0.2, 0.25) is 0 Å². The Kier molecular flexibility index (Phi) is 3.73. The maximum Gasteiger partial charge on any atom is 0.152 e. The number of halogens is 1. The second-order valence-corrected chi connectivity index (χ2v) is 4.14. The van der Waals surface area contributed by atoms with E-state index in [1.54, 1.807) is 12.3 Å². The van der Waals surface area contributed by atoms with Gasteiger partial charge in [-0.2, -0.15) is 5.26 Å². The molecule has 0 unspecified atom stereocenters. The van der Waals surface area contributed by atoms with E-state index in [1.807, 2.05) is 30.3 Å². The van der Waals surface area contributed by atoms with Crippen LogP contribution in [0.5, 0.6) is 5.75 Å². The molecule has 0 fully saturated rings. The lowest BCUT2D eigenvalue weighted by Gasteiger charge is -2.07. The Morgan fingerprint density at radius 3 is 2.94 bits per heavy atom. The molecule has 0 saturated heterocycles. The molecule has 0 aliphatic rings. The summed E-state index contributed by atoms with van der Waals surface area (Å²) in [6.07, 6.45) is 1.69. The average Bonchev–Trinajstić information content (AvgIpc) is 2.38. The van der Waals surface area contributed by atoms with Crippen LogP contribution in [0.25, 0.3) is 0 Å². The maximum absolute atomic E-state index is 8.78. The first-order valence-electron chi connectivity index (χ1n) is 5.02. The molecule has 3 nitrogen and oxygen atoms in total. The van der Waals surface area contributed by atoms with E-state index in [4.69, 9.17) is 10.00 Å². The molecule has 17 heavy (non-hydrogen) atoms. The molecule has 0 saturated carbocycles. The quantitative estimate of drug-likeness (QED) is 0.814. The predicted octanol–water partition coefficient (Wildman–Crippen LogP) is 3.29. The van der Waals surface area contributed by atoms with Gasteiger partial charge in [-0.25, -0.2) is 4.98 Å². The Balaban J connectivity index is 2.08. The van der Waals surface area contributed by atoms with Crippen LogP contribution in [0.15, 0.2) is 47.2 Å². The van der Waals surface area contributed by atoms with Crippen molar-refractivity contribution in [2.24, 2.45) is 0 Å². The minimum atomic E-state index is 0.416. The third-order valence-electron chi connectivity index (χ3n) is 2.18. The molecule has 2 aromatic rings. The maximum atomic E-state index is 8.78. The van der Waals surface area contributed by atoms with Crippen molar-refractivity contribution in [2.75, 3.05) is 0 Å². The molecule has 0 atom stereocenters. The first kappa shape index (κ1) is 11.6. The fourth-order valence-electron chi connectivity index (χ4n) is 1.37. The van der Waals surface area contributed by atoms with Crippen molar-refractivity contribution in [1.82, 2.24) is 4.98 Å². The fraction of sp³-hybridized carbons (Fsp3) is 0.0769. The van der Waals surface area contributed by atoms with Crippen molar-refractivity contribution < 1.29 is 4.74 Å². The third-order valence-corrected chi connectivity index (χ3v) is 2.77. The smallest absolute Gasteiger partial charge is 0.152 e. The zero-order chi connectivity index (χ0) is 12.1. The molecule has 0 aliphatic heterocycles. The van der Waals surface area contributed by atoms with E-state index in [2.05, 4.69) is 27.0 Å². The molecule has 0 spiro atoms. The second kappa shape index (κ2) is 5.46. The van der Waals surface area contributed by atoms with Crippen molar-refractivity contribution in [2.45, 2.75) is 6.61 Å². The number of hydrogen-bond donors (Lipinski definition) is 0. The summed E-state index contributed by atoms with van der Waals surface area (Å²) in [5.41, 5.74) is 1.59. The molecule has 84 valence electrons. The molecule has 0 N–H and O–H groups in total. The Labute approximate surface area is 108 Å². The van der Waals surface area contributed by atoms with Gasteiger partial charge >= 0.3 is 0 Å². The van der Waals surface area contributed by atoms with Crippen LogP contribution in [-0.2, 0) is 6.61 Å². The van der Waals surface area contributed by atoms with Gasteiger partial charge < -0.3 is 4.74 Å². The number of hydrogen-bond acceptors (Lipinski definition) is 3. The molecule has 0 amide bonds. The first-order chi connectivity index (χ1) is 8.29. The Hall–Kier alpha value is -1.86. The number of benzene rings is 1. The molecular weight excluding hydrogens is 280 g/mol. The summed E-state index contributed by atoms with van der Waals surface area (Å²) in [6, 6.07) is 13.1. The number of nitriles is 1. The van der Waals surface area contributed by atoms with Crippen LogP contribution in [0.3, 0.4) is 0 Å². The van der Waals surface area contributed by atoms with Crippen molar-refractivity contribution in [1.29, 1.82) is 5.26 Å². The van der Waals surface area contributed by atoms with E-state index >= 15 is 0 Å². The van der Waals surface area contributed by atoms with Crippen LogP contribution in [0.1, 0.15) is 11.1 Å². The molecule has 1 aromatic heterocycles. The molecular formula is C13H9BrN2O. The normalized spacial score (nSPS) is 9.65. The highest BCUT2D eigenvalue weighted by atomic mass is 79.9. The van der Waals surface area contributed by atoms with E-state index in [0.717, 1.165) is 5.56 Å². The van der Waals surface area contributed by atoms with Gasteiger partial charge in [-0.3, -0.25) is 0 Å². The minimum absolute atomic E-state index is 0.416. The standard InChI is InChI=1S/C13H9BrN2O/c14-13-12(5-2-6-16-13)17-9-11-4-1-3-10(7-11)8-15/h1-7H,9H2. The highest BCUT2D eigenvalue weighted by Crippen LogP contribution is 2.22. The average molecular weight is 289 g/mol. The van der Waals surface area contributed by atoms with Gasteiger partial charge in [0.15, 0.2) is 5.75 Å². The van der Waals surface area contributed by atoms with Gasteiger partial charge in [0.1, 0.15) is 11.2 Å². The van der Waals surface area contributed by atoms with E-state index in [9.17, 15) is 0 Å². The second-order valence-electron chi connectivity index (χ2n) is 3.39. The van der Waals surface area contributed by atoms with Crippen molar-refractivity contribution in [3.05, 3.63) is 58.3 Å². The summed E-state index contributed by atoms with van der Waals surface area (Å²) in [5.74, 6) is 0.690. The molecule has 0 radical (unpaired) electrons. The van der Waals surface area contributed by atoms with Crippen LogP contribution in [0.2, 0.25) is 0 Å². The SMILES string of the molecule is N#Cc1cccc(COc2cccnc2Br)c1. The highest BCUT2D eigenvalue weighted by molar-refractivity contribution is 9.10. The largest absolute Gasteiger partial charge is 0.486 e. The topological polar surface area (TPSA) is 45.9 Å². The predicted molar refractivity (Wildman–Crippen MR) is 67.4 cm³/mol. The summed E-state index contributed by atoms with van der Waals surface area (Å²) >= 11 is 3.31. The number of pyridine rings is 1. The van der Waals surface area contributed by atoms with Crippen LogP contribution >= 0.6 is 15.9 Å². The fourth-order valence-corrected chi connectivity index (χ4v) is 1.74. The van der Waals surface area contributed by atoms with E-state index in [1.165, 1.54) is 0 Å². The van der Waals surface area contributed by atoms with Crippen LogP contribution in [-0.4, -0.2) is 4.98 Å². The Bertz CT molecular complexity index is 563. The lowest BCUT2D eigenvalue weighted by molar-refractivity contribution is 0.302. The lowest BCUT2D eigenvalue weighted by atomic mass is 10.1. The van der Waals surface area contributed by atoms with Gasteiger partial charge in [0.05, 0.1) is 11.6 Å². The molecule has 1 heterocycles. The number of rotatable bonds is 3.